The van der Waals surface area contributed by atoms with E-state index in [0.717, 1.165) is 6.42 Å². The van der Waals surface area contributed by atoms with Crippen molar-refractivity contribution in [3.8, 4) is 0 Å². The zero-order valence-corrected chi connectivity index (χ0v) is 15.5. The molecule has 0 saturated heterocycles. The average molecular weight is 339 g/mol. The van der Waals surface area contributed by atoms with Gasteiger partial charge in [0.1, 0.15) is 5.60 Å². The number of thiophene rings is 1. The van der Waals surface area contributed by atoms with Crippen LogP contribution in [0.5, 0.6) is 0 Å². The van der Waals surface area contributed by atoms with Crippen molar-refractivity contribution in [1.82, 2.24) is 10.6 Å². The van der Waals surface area contributed by atoms with E-state index in [1.54, 1.807) is 0 Å². The van der Waals surface area contributed by atoms with Gasteiger partial charge in [0.2, 0.25) is 0 Å². The predicted octanol–water partition coefficient (Wildman–Crippen LogP) is 3.96. The van der Waals surface area contributed by atoms with Gasteiger partial charge in [0.05, 0.1) is 0 Å². The van der Waals surface area contributed by atoms with Gasteiger partial charge in [-0.15, -0.1) is 11.3 Å². The summed E-state index contributed by atoms with van der Waals surface area (Å²) in [7, 11) is 0. The monoisotopic (exact) mass is 338 g/mol. The molecule has 1 aromatic heterocycles. The van der Waals surface area contributed by atoms with E-state index in [1.807, 2.05) is 32.1 Å². The van der Waals surface area contributed by atoms with Gasteiger partial charge in [-0.2, -0.15) is 0 Å². The molecule has 23 heavy (non-hydrogen) atoms. The van der Waals surface area contributed by atoms with E-state index in [4.69, 9.17) is 4.74 Å². The second-order valence-corrected chi connectivity index (χ2v) is 8.56. The molecule has 2 N–H and O–H groups in total. The molecule has 3 unspecified atom stereocenters. The molecule has 1 heterocycles. The minimum absolute atomic E-state index is 0.310. The molecule has 130 valence electrons. The van der Waals surface area contributed by atoms with Gasteiger partial charge in [-0.25, -0.2) is 4.79 Å². The normalized spacial score (nSPS) is 22.8. The lowest BCUT2D eigenvalue weighted by Crippen LogP contribution is -2.44. The molecule has 0 bridgehead atoms. The highest BCUT2D eigenvalue weighted by Gasteiger charge is 2.29. The number of rotatable bonds is 6. The minimum atomic E-state index is -0.438. The first-order chi connectivity index (χ1) is 10.8. The number of amides is 1. The van der Waals surface area contributed by atoms with E-state index in [0.29, 0.717) is 24.5 Å². The highest BCUT2D eigenvalue weighted by molar-refractivity contribution is 7.09. The average Bonchev–Trinajstić information content (AvgIpc) is 3.06. The van der Waals surface area contributed by atoms with E-state index in [1.165, 1.54) is 24.1 Å². The van der Waals surface area contributed by atoms with Gasteiger partial charge in [-0.05, 0) is 64.3 Å². The molecule has 5 heteroatoms. The van der Waals surface area contributed by atoms with Crippen LogP contribution in [0.3, 0.4) is 0 Å². The predicted molar refractivity (Wildman–Crippen MR) is 96.0 cm³/mol. The van der Waals surface area contributed by atoms with Crippen LogP contribution < -0.4 is 10.6 Å². The maximum atomic E-state index is 11.8. The molecule has 0 radical (unpaired) electrons. The summed E-state index contributed by atoms with van der Waals surface area (Å²) in [5.41, 5.74) is -0.438. The van der Waals surface area contributed by atoms with Gasteiger partial charge in [-0.3, -0.25) is 0 Å². The zero-order chi connectivity index (χ0) is 16.9. The number of hydrogen-bond donors (Lipinski definition) is 2. The Bertz CT molecular complexity index is 482. The number of carbonyl (C=O) groups is 1. The first-order valence-corrected chi connectivity index (χ1v) is 9.47. The molecular weight excluding hydrogens is 308 g/mol. The molecule has 1 saturated carbocycles. The summed E-state index contributed by atoms with van der Waals surface area (Å²) < 4.78 is 5.31. The molecule has 3 atom stereocenters. The first-order valence-electron chi connectivity index (χ1n) is 8.59. The summed E-state index contributed by atoms with van der Waals surface area (Å²) in [5, 5.41) is 8.81. The molecule has 0 spiro atoms. The van der Waals surface area contributed by atoms with Gasteiger partial charge in [0.15, 0.2) is 0 Å². The lowest BCUT2D eigenvalue weighted by Gasteiger charge is -2.26. The third kappa shape index (κ3) is 6.51. The van der Waals surface area contributed by atoms with Crippen molar-refractivity contribution in [2.45, 2.75) is 71.1 Å². The summed E-state index contributed by atoms with van der Waals surface area (Å²) in [6.45, 7) is 8.60. The Hall–Kier alpha value is -1.07. The van der Waals surface area contributed by atoms with Crippen LogP contribution >= 0.6 is 11.3 Å². The third-order valence-corrected chi connectivity index (χ3v) is 5.05. The number of nitrogens with one attached hydrogen (secondary N) is 2. The van der Waals surface area contributed by atoms with Crippen molar-refractivity contribution in [2.75, 3.05) is 6.54 Å². The van der Waals surface area contributed by atoms with Crippen LogP contribution in [0.15, 0.2) is 17.5 Å². The van der Waals surface area contributed by atoms with Crippen LogP contribution in [-0.2, 0) is 11.2 Å². The van der Waals surface area contributed by atoms with E-state index >= 15 is 0 Å². The fourth-order valence-corrected chi connectivity index (χ4v) is 4.02. The standard InChI is InChI=1S/C18H30N2O2S/c1-13(11-15-8-6-10-23-15)20-16-9-5-7-14(16)12-19-17(21)22-18(2,3)4/h6,8,10,13-14,16,20H,5,7,9,11-12H2,1-4H3,(H,19,21). The summed E-state index contributed by atoms with van der Waals surface area (Å²) in [6, 6.07) is 5.25. The largest absolute Gasteiger partial charge is 0.444 e. The molecule has 1 aromatic rings. The fourth-order valence-electron chi connectivity index (χ4n) is 3.18. The van der Waals surface area contributed by atoms with Crippen molar-refractivity contribution in [1.29, 1.82) is 0 Å². The Kier molecular flexibility index (Phi) is 6.48. The first kappa shape index (κ1) is 18.3. The van der Waals surface area contributed by atoms with Crippen molar-refractivity contribution in [2.24, 2.45) is 5.92 Å². The smallest absolute Gasteiger partial charge is 0.407 e. The topological polar surface area (TPSA) is 50.4 Å². The number of carbonyl (C=O) groups excluding carboxylic acids is 1. The lowest BCUT2D eigenvalue weighted by atomic mass is 10.0. The van der Waals surface area contributed by atoms with Gasteiger partial charge in [0.25, 0.3) is 0 Å². The summed E-state index contributed by atoms with van der Waals surface area (Å²) in [6.07, 6.45) is 4.34. The van der Waals surface area contributed by atoms with Crippen molar-refractivity contribution in [3.05, 3.63) is 22.4 Å². The van der Waals surface area contributed by atoms with Gasteiger partial charge in [0, 0.05) is 23.5 Å². The van der Waals surface area contributed by atoms with Crippen LogP contribution in [0, 0.1) is 5.92 Å². The van der Waals surface area contributed by atoms with Crippen LogP contribution in [0.2, 0.25) is 0 Å². The van der Waals surface area contributed by atoms with Gasteiger partial charge in [-0.1, -0.05) is 12.5 Å². The molecule has 0 aliphatic heterocycles. The molecule has 1 aliphatic rings. The molecular formula is C18H30N2O2S. The third-order valence-electron chi connectivity index (χ3n) is 4.15. The van der Waals surface area contributed by atoms with Crippen molar-refractivity contribution < 1.29 is 9.53 Å². The molecule has 1 amide bonds. The van der Waals surface area contributed by atoms with Gasteiger partial charge < -0.3 is 15.4 Å². The lowest BCUT2D eigenvalue weighted by molar-refractivity contribution is 0.0517. The number of alkyl carbamates (subject to hydrolysis) is 1. The molecule has 1 fully saturated rings. The molecule has 0 aromatic carbocycles. The zero-order valence-electron chi connectivity index (χ0n) is 14.7. The maximum absolute atomic E-state index is 11.8. The molecule has 2 rings (SSSR count). The summed E-state index contributed by atoms with van der Waals surface area (Å²) in [5.74, 6) is 0.494. The van der Waals surface area contributed by atoms with Crippen LogP contribution in [-0.4, -0.2) is 30.3 Å². The minimum Gasteiger partial charge on any atom is -0.444 e. The highest BCUT2D eigenvalue weighted by atomic mass is 32.1. The Balaban J connectivity index is 1.75. The quantitative estimate of drug-likeness (QED) is 0.825. The van der Waals surface area contributed by atoms with E-state index in [9.17, 15) is 4.79 Å². The van der Waals surface area contributed by atoms with Crippen molar-refractivity contribution >= 4 is 17.4 Å². The highest BCUT2D eigenvalue weighted by Crippen LogP contribution is 2.26. The van der Waals surface area contributed by atoms with Gasteiger partial charge >= 0.3 is 6.09 Å². The van der Waals surface area contributed by atoms with Crippen LogP contribution in [0.1, 0.15) is 51.8 Å². The maximum Gasteiger partial charge on any atom is 0.407 e. The second kappa shape index (κ2) is 8.15. The second-order valence-electron chi connectivity index (χ2n) is 7.53. The van der Waals surface area contributed by atoms with Crippen molar-refractivity contribution in [3.63, 3.8) is 0 Å². The summed E-state index contributed by atoms with van der Waals surface area (Å²) >= 11 is 1.82. The SMILES string of the molecule is CC(Cc1cccs1)NC1CCCC1CNC(=O)OC(C)(C)C. The van der Waals surface area contributed by atoms with Crippen LogP contribution in [0.25, 0.3) is 0 Å². The number of ether oxygens (including phenoxy) is 1. The molecule has 1 aliphatic carbocycles. The fraction of sp³-hybridized carbons (Fsp3) is 0.722. The number of hydrogen-bond acceptors (Lipinski definition) is 4. The van der Waals surface area contributed by atoms with Crippen LogP contribution in [0.4, 0.5) is 4.79 Å². The molecule has 4 nitrogen and oxygen atoms in total. The van der Waals surface area contributed by atoms with E-state index < -0.39 is 5.60 Å². The van der Waals surface area contributed by atoms with E-state index in [-0.39, 0.29) is 6.09 Å². The Morgan fingerprint density at radius 1 is 1.43 bits per heavy atom. The van der Waals surface area contributed by atoms with E-state index in [2.05, 4.69) is 35.1 Å². The summed E-state index contributed by atoms with van der Waals surface area (Å²) in [4.78, 5) is 13.2. The Morgan fingerprint density at radius 2 is 2.22 bits per heavy atom. The Morgan fingerprint density at radius 3 is 2.87 bits per heavy atom. The Labute approximate surface area is 144 Å².